The van der Waals surface area contributed by atoms with E-state index >= 15 is 0 Å². The molecule has 4 heteroatoms. The van der Waals surface area contributed by atoms with Gasteiger partial charge >= 0.3 is 0 Å². The topological polar surface area (TPSA) is 46.9 Å². The summed E-state index contributed by atoms with van der Waals surface area (Å²) in [7, 11) is 0. The maximum Gasteiger partial charge on any atom is 0.229 e. The molecule has 1 aromatic heterocycles. The van der Waals surface area contributed by atoms with E-state index in [4.69, 9.17) is 5.10 Å². The van der Waals surface area contributed by atoms with Gasteiger partial charge in [-0.1, -0.05) is 48.0 Å². The van der Waals surface area contributed by atoms with E-state index in [-0.39, 0.29) is 5.91 Å². The van der Waals surface area contributed by atoms with E-state index in [1.807, 2.05) is 66.2 Å². The van der Waals surface area contributed by atoms with Crippen molar-refractivity contribution in [3.63, 3.8) is 0 Å². The van der Waals surface area contributed by atoms with Gasteiger partial charge in [-0.25, -0.2) is 4.68 Å². The normalized spacial score (nSPS) is 12.8. The molecule has 0 spiro atoms. The van der Waals surface area contributed by atoms with E-state index in [1.54, 1.807) is 0 Å². The molecule has 1 aliphatic rings. The minimum atomic E-state index is -0.00404. The van der Waals surface area contributed by atoms with Gasteiger partial charge in [0.25, 0.3) is 0 Å². The standard InChI is InChI=1S/C21H21N3O/c1-15-10-12-16(13-11-15)14-20(25)22-21-18-8-5-9-19(18)23-24(21)17-6-3-2-4-7-17/h2-4,6-7,10-13H,5,8-9,14H2,1H3,(H,22,25). The SMILES string of the molecule is Cc1ccc(CC(=O)Nc2c3c(nn2-c2ccccc2)CCC3)cc1. The van der Waals surface area contributed by atoms with Crippen LogP contribution in [0.5, 0.6) is 0 Å². The van der Waals surface area contributed by atoms with Crippen molar-refractivity contribution >= 4 is 11.7 Å². The summed E-state index contributed by atoms with van der Waals surface area (Å²) in [6, 6.07) is 18.1. The molecule has 0 unspecified atom stereocenters. The van der Waals surface area contributed by atoms with Gasteiger partial charge in [0.2, 0.25) is 5.91 Å². The summed E-state index contributed by atoms with van der Waals surface area (Å²) in [6.07, 6.45) is 3.43. The third-order valence-corrected chi connectivity index (χ3v) is 4.65. The van der Waals surface area contributed by atoms with Crippen LogP contribution in [0.2, 0.25) is 0 Å². The van der Waals surface area contributed by atoms with E-state index in [0.29, 0.717) is 6.42 Å². The van der Waals surface area contributed by atoms with Gasteiger partial charge in [0.1, 0.15) is 5.82 Å². The first kappa shape index (κ1) is 15.6. The minimum Gasteiger partial charge on any atom is -0.310 e. The fourth-order valence-corrected chi connectivity index (χ4v) is 3.34. The third-order valence-electron chi connectivity index (χ3n) is 4.65. The highest BCUT2D eigenvalue weighted by Crippen LogP contribution is 2.31. The molecule has 4 rings (SSSR count). The number of para-hydroxylation sites is 1. The van der Waals surface area contributed by atoms with Crippen molar-refractivity contribution < 1.29 is 4.79 Å². The second-order valence-electron chi connectivity index (χ2n) is 6.59. The first-order valence-electron chi connectivity index (χ1n) is 8.72. The lowest BCUT2D eigenvalue weighted by molar-refractivity contribution is -0.115. The van der Waals surface area contributed by atoms with Crippen molar-refractivity contribution in [2.45, 2.75) is 32.6 Å². The van der Waals surface area contributed by atoms with Crippen LogP contribution in [0, 0.1) is 6.92 Å². The summed E-state index contributed by atoms with van der Waals surface area (Å²) in [5, 5.41) is 7.85. The van der Waals surface area contributed by atoms with Crippen molar-refractivity contribution in [3.05, 3.63) is 77.0 Å². The molecule has 4 nitrogen and oxygen atoms in total. The molecule has 1 heterocycles. The van der Waals surface area contributed by atoms with Crippen molar-refractivity contribution in [3.8, 4) is 5.69 Å². The quantitative estimate of drug-likeness (QED) is 0.789. The first-order chi connectivity index (χ1) is 12.2. The lowest BCUT2D eigenvalue weighted by Crippen LogP contribution is -2.18. The second-order valence-corrected chi connectivity index (χ2v) is 6.59. The number of fused-ring (bicyclic) bond motifs is 1. The molecule has 0 saturated heterocycles. The zero-order valence-corrected chi connectivity index (χ0v) is 14.3. The van der Waals surface area contributed by atoms with E-state index < -0.39 is 0 Å². The monoisotopic (exact) mass is 331 g/mol. The largest absolute Gasteiger partial charge is 0.310 e. The van der Waals surface area contributed by atoms with E-state index in [1.165, 1.54) is 11.1 Å². The Morgan fingerprint density at radius 1 is 1.08 bits per heavy atom. The smallest absolute Gasteiger partial charge is 0.229 e. The summed E-state index contributed by atoms with van der Waals surface area (Å²) in [5.41, 5.74) is 5.48. The van der Waals surface area contributed by atoms with Gasteiger partial charge in [0.05, 0.1) is 17.8 Å². The number of hydrogen-bond acceptors (Lipinski definition) is 2. The highest BCUT2D eigenvalue weighted by atomic mass is 16.1. The number of carbonyl (C=O) groups is 1. The molecule has 0 bridgehead atoms. The van der Waals surface area contributed by atoms with Crippen LogP contribution < -0.4 is 5.32 Å². The molecule has 1 N–H and O–H groups in total. The van der Waals surface area contributed by atoms with Crippen LogP contribution in [0.3, 0.4) is 0 Å². The Hall–Kier alpha value is -2.88. The van der Waals surface area contributed by atoms with Gasteiger partial charge in [-0.3, -0.25) is 4.79 Å². The Morgan fingerprint density at radius 2 is 1.84 bits per heavy atom. The number of hydrogen-bond donors (Lipinski definition) is 1. The Balaban J connectivity index is 1.61. The van der Waals surface area contributed by atoms with Gasteiger partial charge in [0.15, 0.2) is 0 Å². The number of nitrogens with one attached hydrogen (secondary N) is 1. The second kappa shape index (κ2) is 6.55. The Kier molecular flexibility index (Phi) is 4.10. The van der Waals surface area contributed by atoms with E-state index in [0.717, 1.165) is 42.0 Å². The lowest BCUT2D eigenvalue weighted by Gasteiger charge is -2.11. The number of benzene rings is 2. The van der Waals surface area contributed by atoms with Crippen molar-refractivity contribution in [1.29, 1.82) is 0 Å². The van der Waals surface area contributed by atoms with Gasteiger partial charge in [0, 0.05) is 5.56 Å². The predicted octanol–water partition coefficient (Wildman–Crippen LogP) is 3.85. The average molecular weight is 331 g/mol. The van der Waals surface area contributed by atoms with Crippen molar-refractivity contribution in [2.75, 3.05) is 5.32 Å². The van der Waals surface area contributed by atoms with Gasteiger partial charge in [-0.2, -0.15) is 5.10 Å². The van der Waals surface area contributed by atoms with Crippen LogP contribution in [0.4, 0.5) is 5.82 Å². The van der Waals surface area contributed by atoms with Crippen LogP contribution in [-0.2, 0) is 24.1 Å². The van der Waals surface area contributed by atoms with Crippen LogP contribution in [0.15, 0.2) is 54.6 Å². The van der Waals surface area contributed by atoms with E-state index in [2.05, 4.69) is 5.32 Å². The fourth-order valence-electron chi connectivity index (χ4n) is 3.34. The number of nitrogens with zero attached hydrogens (tertiary/aromatic N) is 2. The minimum absolute atomic E-state index is 0.00404. The highest BCUT2D eigenvalue weighted by molar-refractivity contribution is 5.92. The van der Waals surface area contributed by atoms with Gasteiger partial charge < -0.3 is 5.32 Å². The number of aryl methyl sites for hydroxylation is 2. The fraction of sp³-hybridized carbons (Fsp3) is 0.238. The number of amides is 1. The Morgan fingerprint density at radius 3 is 2.60 bits per heavy atom. The molecule has 2 aromatic carbocycles. The maximum absolute atomic E-state index is 12.6. The zero-order chi connectivity index (χ0) is 17.2. The number of aromatic nitrogens is 2. The molecule has 0 saturated carbocycles. The summed E-state index contributed by atoms with van der Waals surface area (Å²) in [4.78, 5) is 12.6. The van der Waals surface area contributed by atoms with Crippen molar-refractivity contribution in [1.82, 2.24) is 9.78 Å². The van der Waals surface area contributed by atoms with Crippen LogP contribution in [0.1, 0.15) is 28.8 Å². The lowest BCUT2D eigenvalue weighted by atomic mass is 10.1. The maximum atomic E-state index is 12.6. The number of anilines is 1. The summed E-state index contributed by atoms with van der Waals surface area (Å²) < 4.78 is 1.87. The summed E-state index contributed by atoms with van der Waals surface area (Å²) in [5.74, 6) is 0.825. The molecular weight excluding hydrogens is 310 g/mol. The molecule has 1 amide bonds. The molecule has 3 aromatic rings. The number of carbonyl (C=O) groups excluding carboxylic acids is 1. The van der Waals surface area contributed by atoms with Crippen LogP contribution in [-0.4, -0.2) is 15.7 Å². The summed E-state index contributed by atoms with van der Waals surface area (Å²) >= 11 is 0. The van der Waals surface area contributed by atoms with Crippen LogP contribution in [0.25, 0.3) is 5.69 Å². The molecule has 0 aliphatic heterocycles. The average Bonchev–Trinajstić information content (AvgIpc) is 3.20. The molecule has 0 radical (unpaired) electrons. The molecular formula is C21H21N3O. The van der Waals surface area contributed by atoms with Crippen molar-refractivity contribution in [2.24, 2.45) is 0 Å². The molecule has 0 atom stereocenters. The molecule has 0 fully saturated rings. The molecule has 25 heavy (non-hydrogen) atoms. The highest BCUT2D eigenvalue weighted by Gasteiger charge is 2.24. The number of rotatable bonds is 4. The van der Waals surface area contributed by atoms with E-state index in [9.17, 15) is 4.79 Å². The zero-order valence-electron chi connectivity index (χ0n) is 14.3. The van der Waals surface area contributed by atoms with Gasteiger partial charge in [-0.05, 0) is 43.9 Å². The molecule has 126 valence electrons. The Bertz CT molecular complexity index is 895. The molecule has 1 aliphatic carbocycles. The first-order valence-corrected chi connectivity index (χ1v) is 8.72. The predicted molar refractivity (Wildman–Crippen MR) is 99.1 cm³/mol. The van der Waals surface area contributed by atoms with Crippen LogP contribution >= 0.6 is 0 Å². The third kappa shape index (κ3) is 3.20. The summed E-state index contributed by atoms with van der Waals surface area (Å²) in [6.45, 7) is 2.05. The Labute approximate surface area is 147 Å². The van der Waals surface area contributed by atoms with Gasteiger partial charge in [-0.15, -0.1) is 0 Å².